The molecule has 0 saturated heterocycles. The third-order valence-corrected chi connectivity index (χ3v) is 4.70. The molecule has 2 unspecified atom stereocenters. The van der Waals surface area contributed by atoms with Gasteiger partial charge in [-0.2, -0.15) is 0 Å². The lowest BCUT2D eigenvalue weighted by molar-refractivity contribution is -0.110. The molecule has 2 aromatic carbocycles. The van der Waals surface area contributed by atoms with Crippen LogP contribution in [0.3, 0.4) is 0 Å². The van der Waals surface area contributed by atoms with Crippen LogP contribution in [0.2, 0.25) is 5.02 Å². The fourth-order valence-corrected chi connectivity index (χ4v) is 2.74. The van der Waals surface area contributed by atoms with E-state index in [0.29, 0.717) is 53.4 Å². The van der Waals surface area contributed by atoms with Crippen molar-refractivity contribution in [2.75, 3.05) is 26.0 Å². The first-order valence-electron chi connectivity index (χ1n) is 11.6. The van der Waals surface area contributed by atoms with Gasteiger partial charge >= 0.3 is 0 Å². The van der Waals surface area contributed by atoms with Gasteiger partial charge in [-0.05, 0) is 51.6 Å². The van der Waals surface area contributed by atoms with Crippen LogP contribution in [0.1, 0.15) is 46.1 Å². The number of nitrogen functional groups attached to an aromatic ring is 1. The lowest BCUT2D eigenvalue weighted by Gasteiger charge is -2.06. The number of halogens is 2. The summed E-state index contributed by atoms with van der Waals surface area (Å²) in [6.45, 7) is 8.30. The molecule has 0 aliphatic heterocycles. The Hall–Kier alpha value is -3.17. The summed E-state index contributed by atoms with van der Waals surface area (Å²) in [6, 6.07) is 10.3. The Bertz CT molecular complexity index is 946. The molecule has 1 aliphatic carbocycles. The van der Waals surface area contributed by atoms with Gasteiger partial charge in [-0.25, -0.2) is 4.39 Å². The molecular weight excluding hydrogens is 487 g/mol. The summed E-state index contributed by atoms with van der Waals surface area (Å²) < 4.78 is 22.8. The van der Waals surface area contributed by atoms with E-state index in [0.717, 1.165) is 12.8 Å². The summed E-state index contributed by atoms with van der Waals surface area (Å²) in [5, 5.41) is 13.3. The van der Waals surface area contributed by atoms with Crippen molar-refractivity contribution in [2.24, 2.45) is 0 Å². The van der Waals surface area contributed by atoms with E-state index in [1.165, 1.54) is 18.6 Å². The van der Waals surface area contributed by atoms with Crippen LogP contribution in [0.4, 0.5) is 10.1 Å². The Morgan fingerprint density at radius 3 is 2.19 bits per heavy atom. The van der Waals surface area contributed by atoms with Crippen molar-refractivity contribution in [1.82, 2.24) is 10.6 Å². The maximum absolute atomic E-state index is 12.7. The molecule has 0 bridgehead atoms. The second-order valence-corrected chi connectivity index (χ2v) is 8.00. The van der Waals surface area contributed by atoms with Crippen LogP contribution in [-0.2, 0) is 9.59 Å². The van der Waals surface area contributed by atoms with E-state index in [-0.39, 0.29) is 11.6 Å². The van der Waals surface area contributed by atoms with Crippen LogP contribution in [-0.4, -0.2) is 50.8 Å². The summed E-state index contributed by atoms with van der Waals surface area (Å²) in [4.78, 5) is 19.8. The number of carbonyl (C=O) groups is 2. The van der Waals surface area contributed by atoms with Gasteiger partial charge in [0.1, 0.15) is 23.9 Å². The molecule has 200 valence electrons. The van der Waals surface area contributed by atoms with Crippen molar-refractivity contribution >= 4 is 35.7 Å². The van der Waals surface area contributed by atoms with Crippen molar-refractivity contribution in [3.8, 4) is 11.5 Å². The monoisotopic (exact) mass is 524 g/mol. The number of likely N-dealkylation sites (N-methyl/N-ethyl adjacent to an activating group) is 1. The molecule has 0 heterocycles. The van der Waals surface area contributed by atoms with E-state index in [2.05, 4.69) is 24.5 Å². The number of ether oxygens (including phenoxy) is 2. The number of hydrogen-bond donors (Lipinski definition) is 4. The smallest absolute Gasteiger partial charge is 0.207 e. The number of amides is 1. The summed E-state index contributed by atoms with van der Waals surface area (Å²) in [6.07, 6.45) is 3.75. The van der Waals surface area contributed by atoms with Crippen LogP contribution >= 0.6 is 11.6 Å². The van der Waals surface area contributed by atoms with Gasteiger partial charge in [0.2, 0.25) is 6.41 Å². The first-order chi connectivity index (χ1) is 17.2. The normalized spacial score (nSPS) is 14.8. The van der Waals surface area contributed by atoms with Crippen LogP contribution in [0.25, 0.3) is 0 Å². The van der Waals surface area contributed by atoms with E-state index in [4.69, 9.17) is 32.2 Å². The zero-order chi connectivity index (χ0) is 27.5. The quantitative estimate of drug-likeness (QED) is 0.215. The number of aldehydes is 1. The molecule has 0 aromatic heterocycles. The lowest BCUT2D eigenvalue weighted by atomic mass is 10.1. The predicted octanol–water partition coefficient (Wildman–Crippen LogP) is 4.62. The number of hydrogen-bond acceptors (Lipinski definition) is 7. The van der Waals surface area contributed by atoms with Crippen molar-refractivity contribution in [2.45, 2.75) is 52.6 Å². The number of benzene rings is 2. The van der Waals surface area contributed by atoms with Gasteiger partial charge in [-0.15, -0.1) is 0 Å². The minimum absolute atomic E-state index is 0.0162. The number of rotatable bonds is 9. The second-order valence-electron chi connectivity index (χ2n) is 7.59. The summed E-state index contributed by atoms with van der Waals surface area (Å²) in [5.41, 5.74) is 7.26. The molecule has 2 atom stereocenters. The SMILES string of the molecule is CC(=N)c1ccc(OCC=O)cc1N.CCC.CCOc1ccc(Cl)c(F)c1.CNC1CC1NC=O. The molecule has 1 amide bonds. The maximum atomic E-state index is 12.7. The third kappa shape index (κ3) is 13.7. The Balaban J connectivity index is 0.000000498. The zero-order valence-electron chi connectivity index (χ0n) is 21.6. The number of anilines is 1. The van der Waals surface area contributed by atoms with E-state index < -0.39 is 5.82 Å². The molecule has 1 fully saturated rings. The molecule has 10 heteroatoms. The average Bonchev–Trinajstić information content (AvgIpc) is 3.60. The second kappa shape index (κ2) is 19.1. The lowest BCUT2D eigenvalue weighted by Crippen LogP contribution is -2.23. The van der Waals surface area contributed by atoms with Crippen molar-refractivity contribution in [1.29, 1.82) is 5.41 Å². The summed E-state index contributed by atoms with van der Waals surface area (Å²) in [5.74, 6) is 0.603. The highest BCUT2D eigenvalue weighted by Crippen LogP contribution is 2.21. The van der Waals surface area contributed by atoms with Gasteiger partial charge in [0.25, 0.3) is 0 Å². The highest BCUT2D eigenvalue weighted by molar-refractivity contribution is 6.30. The van der Waals surface area contributed by atoms with Crippen molar-refractivity contribution in [3.63, 3.8) is 0 Å². The van der Waals surface area contributed by atoms with Gasteiger partial charge in [0, 0.05) is 41.2 Å². The first-order valence-corrected chi connectivity index (χ1v) is 12.0. The Kier molecular flexibility index (Phi) is 17.4. The number of nitrogens with two attached hydrogens (primary N) is 1. The molecule has 3 rings (SSSR count). The van der Waals surface area contributed by atoms with E-state index in [1.54, 1.807) is 31.2 Å². The molecule has 1 aliphatic rings. The van der Waals surface area contributed by atoms with E-state index in [1.807, 2.05) is 14.0 Å². The fraction of sp³-hybridized carbons (Fsp3) is 0.423. The van der Waals surface area contributed by atoms with Crippen LogP contribution in [0.15, 0.2) is 36.4 Å². The van der Waals surface area contributed by atoms with Crippen molar-refractivity contribution < 1.29 is 23.5 Å². The molecule has 1 saturated carbocycles. The number of carbonyl (C=O) groups excluding carboxylic acids is 2. The van der Waals surface area contributed by atoms with Gasteiger partial charge in [0.05, 0.1) is 11.6 Å². The minimum atomic E-state index is -0.447. The maximum Gasteiger partial charge on any atom is 0.207 e. The van der Waals surface area contributed by atoms with E-state index >= 15 is 0 Å². The van der Waals surface area contributed by atoms with Gasteiger partial charge < -0.3 is 31.3 Å². The average molecular weight is 525 g/mol. The molecule has 2 aromatic rings. The zero-order valence-corrected chi connectivity index (χ0v) is 22.3. The standard InChI is InChI=1S/C10H12N2O2.C8H8ClFO.C5H10N2O.C3H8/c1-7(11)9-3-2-8(6-10(9)12)14-5-4-13;1-2-11-6-3-4-7(9)8(10)5-6;1-6-4-2-5(4)7-3-8;1-3-2/h2-4,6,11H,5,12H2,1H3;3-5H,2H2,1H3;3-6H,2H2,1H3,(H,7,8);3H2,1-2H3. The Morgan fingerprint density at radius 1 is 1.14 bits per heavy atom. The number of nitrogens with one attached hydrogen (secondary N) is 3. The summed E-state index contributed by atoms with van der Waals surface area (Å²) >= 11 is 5.45. The minimum Gasteiger partial charge on any atom is -0.494 e. The molecule has 36 heavy (non-hydrogen) atoms. The Morgan fingerprint density at radius 2 is 1.75 bits per heavy atom. The highest BCUT2D eigenvalue weighted by atomic mass is 35.5. The highest BCUT2D eigenvalue weighted by Gasteiger charge is 2.34. The summed E-state index contributed by atoms with van der Waals surface area (Å²) in [7, 11) is 1.90. The third-order valence-electron chi connectivity index (χ3n) is 4.39. The molecule has 0 radical (unpaired) electrons. The van der Waals surface area contributed by atoms with Gasteiger partial charge in [-0.3, -0.25) is 9.59 Å². The fourth-order valence-electron chi connectivity index (χ4n) is 2.62. The predicted molar refractivity (Wildman–Crippen MR) is 144 cm³/mol. The molecule has 5 N–H and O–H groups in total. The van der Waals surface area contributed by atoms with Crippen molar-refractivity contribution in [3.05, 3.63) is 52.8 Å². The Labute approximate surface area is 218 Å². The molecular formula is C26H38ClFN4O4. The van der Waals surface area contributed by atoms with Crippen LogP contribution in [0.5, 0.6) is 11.5 Å². The van der Waals surface area contributed by atoms with Crippen LogP contribution in [0, 0.1) is 11.2 Å². The molecule has 8 nitrogen and oxygen atoms in total. The largest absolute Gasteiger partial charge is 0.494 e. The van der Waals surface area contributed by atoms with Crippen LogP contribution < -0.4 is 25.8 Å². The van der Waals surface area contributed by atoms with Gasteiger partial charge in [-0.1, -0.05) is 31.9 Å². The van der Waals surface area contributed by atoms with E-state index in [9.17, 15) is 14.0 Å². The van der Waals surface area contributed by atoms with Gasteiger partial charge in [0.15, 0.2) is 6.29 Å². The first kappa shape index (κ1) is 32.8. The topological polar surface area (TPSA) is 127 Å². The molecule has 0 spiro atoms.